The van der Waals surface area contributed by atoms with Gasteiger partial charge in [0.15, 0.2) is 8.32 Å². The lowest BCUT2D eigenvalue weighted by Gasteiger charge is -2.39. The van der Waals surface area contributed by atoms with E-state index in [0.717, 1.165) is 18.4 Å². The molecule has 0 spiro atoms. The zero-order chi connectivity index (χ0) is 21.2. The smallest absolute Gasteiger partial charge is 0.205 e. The van der Waals surface area contributed by atoms with Crippen LogP contribution in [0.3, 0.4) is 0 Å². The summed E-state index contributed by atoms with van der Waals surface area (Å²) < 4.78 is 12.6. The molecule has 0 saturated heterocycles. The van der Waals surface area contributed by atoms with Crippen LogP contribution in [0.5, 0.6) is 0 Å². The number of ether oxygens (including phenoxy) is 1. The highest BCUT2D eigenvalue weighted by atomic mass is 28.4. The zero-order valence-corrected chi connectivity index (χ0v) is 19.4. The van der Waals surface area contributed by atoms with Gasteiger partial charge < -0.3 is 9.16 Å². The van der Waals surface area contributed by atoms with Crippen LogP contribution >= 0.6 is 0 Å². The van der Waals surface area contributed by atoms with E-state index in [2.05, 4.69) is 59.2 Å². The number of rotatable bonds is 10. The molecule has 0 heterocycles. The Hall–Kier alpha value is -1.67. The van der Waals surface area contributed by atoms with Gasteiger partial charge in [-0.1, -0.05) is 76.4 Å². The third-order valence-electron chi connectivity index (χ3n) is 5.15. The quantitative estimate of drug-likeness (QED) is 0.212. The van der Waals surface area contributed by atoms with E-state index in [1.807, 2.05) is 30.3 Å². The first-order chi connectivity index (χ1) is 13.1. The second kappa shape index (κ2) is 11.4. The third-order valence-corrected chi connectivity index (χ3v) is 9.61. The molecule has 0 fully saturated rings. The standard InChI is InChI=1S/C24H36O3Si/c1-8-10-16-21(25)17-18-23(27-28(6,7)24(3,4)5)22(9-2)26-19-20-14-12-11-13-15-20/h9,11-15,22-23H,2,8,10,16,19H2,1,3-7H3/t22-,23-/m0/s1. The van der Waals surface area contributed by atoms with Crippen molar-refractivity contribution < 1.29 is 14.0 Å². The predicted octanol–water partition coefficient (Wildman–Crippen LogP) is 5.91. The molecule has 0 aromatic heterocycles. The highest BCUT2D eigenvalue weighted by Gasteiger charge is 2.40. The average Bonchev–Trinajstić information content (AvgIpc) is 2.64. The number of Topliss-reactive ketones (excluding diaryl/α,β-unsaturated/α-hetero) is 1. The van der Waals surface area contributed by atoms with Gasteiger partial charge in [-0.25, -0.2) is 0 Å². The number of carbonyl (C=O) groups excluding carboxylic acids is 1. The minimum atomic E-state index is -2.09. The van der Waals surface area contributed by atoms with Crippen molar-refractivity contribution in [1.82, 2.24) is 0 Å². The number of hydrogen-bond acceptors (Lipinski definition) is 3. The Bertz CT molecular complexity index is 677. The molecule has 154 valence electrons. The molecule has 0 N–H and O–H groups in total. The van der Waals surface area contributed by atoms with E-state index in [0.29, 0.717) is 13.0 Å². The van der Waals surface area contributed by atoms with Crippen LogP contribution in [0.1, 0.15) is 52.5 Å². The van der Waals surface area contributed by atoms with Crippen LogP contribution in [0.4, 0.5) is 0 Å². The lowest BCUT2D eigenvalue weighted by Crippen LogP contribution is -2.46. The van der Waals surface area contributed by atoms with Crippen molar-refractivity contribution in [2.45, 2.75) is 83.9 Å². The Kier molecular flexibility index (Phi) is 9.88. The highest BCUT2D eigenvalue weighted by Crippen LogP contribution is 2.37. The Morgan fingerprint density at radius 3 is 2.43 bits per heavy atom. The van der Waals surface area contributed by atoms with Crippen molar-refractivity contribution in [3.8, 4) is 11.8 Å². The minimum Gasteiger partial charge on any atom is -0.401 e. The van der Waals surface area contributed by atoms with Crippen molar-refractivity contribution in [2.24, 2.45) is 0 Å². The molecule has 1 aromatic carbocycles. The van der Waals surface area contributed by atoms with Gasteiger partial charge >= 0.3 is 0 Å². The maximum Gasteiger partial charge on any atom is 0.205 e. The van der Waals surface area contributed by atoms with Gasteiger partial charge in [0, 0.05) is 6.42 Å². The molecule has 28 heavy (non-hydrogen) atoms. The van der Waals surface area contributed by atoms with Gasteiger partial charge in [-0.3, -0.25) is 4.79 Å². The number of ketones is 1. The zero-order valence-electron chi connectivity index (χ0n) is 18.4. The first kappa shape index (κ1) is 24.4. The fourth-order valence-corrected chi connectivity index (χ4v) is 3.45. The van der Waals surface area contributed by atoms with Crippen LogP contribution in [0.15, 0.2) is 43.0 Å². The van der Waals surface area contributed by atoms with Gasteiger partial charge in [-0.2, -0.15) is 0 Å². The summed E-state index contributed by atoms with van der Waals surface area (Å²) in [5.41, 5.74) is 1.08. The molecule has 4 heteroatoms. The maximum atomic E-state index is 12.1. The molecule has 1 aromatic rings. The lowest BCUT2D eigenvalue weighted by molar-refractivity contribution is -0.113. The van der Waals surface area contributed by atoms with Crippen LogP contribution in [0.25, 0.3) is 0 Å². The first-order valence-electron chi connectivity index (χ1n) is 10.1. The number of carbonyl (C=O) groups is 1. The van der Waals surface area contributed by atoms with E-state index in [1.54, 1.807) is 6.08 Å². The Morgan fingerprint density at radius 2 is 1.89 bits per heavy atom. The van der Waals surface area contributed by atoms with Gasteiger partial charge in [0.05, 0.1) is 6.61 Å². The van der Waals surface area contributed by atoms with Crippen molar-refractivity contribution in [3.05, 3.63) is 48.6 Å². The molecule has 3 nitrogen and oxygen atoms in total. The maximum absolute atomic E-state index is 12.1. The van der Waals surface area contributed by atoms with Gasteiger partial charge in [-0.05, 0) is 36.0 Å². The second-order valence-corrected chi connectivity index (χ2v) is 13.3. The predicted molar refractivity (Wildman–Crippen MR) is 120 cm³/mol. The lowest BCUT2D eigenvalue weighted by atomic mass is 10.1. The van der Waals surface area contributed by atoms with Crippen LogP contribution < -0.4 is 0 Å². The van der Waals surface area contributed by atoms with Crippen molar-refractivity contribution in [2.75, 3.05) is 0 Å². The third kappa shape index (κ3) is 8.14. The molecule has 0 unspecified atom stereocenters. The fraction of sp³-hybridized carbons (Fsp3) is 0.542. The number of unbranched alkanes of at least 4 members (excludes halogenated alkanes) is 1. The summed E-state index contributed by atoms with van der Waals surface area (Å²) in [6.07, 6.45) is 3.14. The number of hydrogen-bond donors (Lipinski definition) is 0. The molecule has 2 atom stereocenters. The van der Waals surface area contributed by atoms with Gasteiger partial charge in [0.1, 0.15) is 12.2 Å². The van der Waals surface area contributed by atoms with E-state index in [1.165, 1.54) is 0 Å². The monoisotopic (exact) mass is 400 g/mol. The van der Waals surface area contributed by atoms with E-state index >= 15 is 0 Å². The second-order valence-electron chi connectivity index (χ2n) is 8.59. The number of benzene rings is 1. The van der Waals surface area contributed by atoms with Crippen LogP contribution in [0.2, 0.25) is 18.1 Å². The fourth-order valence-electron chi connectivity index (χ4n) is 2.27. The molecule has 0 radical (unpaired) electrons. The van der Waals surface area contributed by atoms with Crippen molar-refractivity contribution in [1.29, 1.82) is 0 Å². The van der Waals surface area contributed by atoms with Crippen LogP contribution in [-0.4, -0.2) is 26.3 Å². The molecule has 0 aliphatic heterocycles. The summed E-state index contributed by atoms with van der Waals surface area (Å²) in [6.45, 7) is 17.3. The van der Waals surface area contributed by atoms with Gasteiger partial charge in [0.2, 0.25) is 5.78 Å². The average molecular weight is 401 g/mol. The highest BCUT2D eigenvalue weighted by molar-refractivity contribution is 6.74. The Labute approximate surface area is 172 Å². The largest absolute Gasteiger partial charge is 0.401 e. The van der Waals surface area contributed by atoms with E-state index < -0.39 is 20.5 Å². The minimum absolute atomic E-state index is 0.0320. The van der Waals surface area contributed by atoms with Crippen molar-refractivity contribution >= 4 is 14.1 Å². The molecule has 0 saturated carbocycles. The van der Waals surface area contributed by atoms with Gasteiger partial charge in [0.25, 0.3) is 0 Å². The normalized spacial score (nSPS) is 13.9. The topological polar surface area (TPSA) is 35.5 Å². The molecule has 0 amide bonds. The summed E-state index contributed by atoms with van der Waals surface area (Å²) in [6, 6.07) is 9.98. The van der Waals surface area contributed by atoms with Crippen LogP contribution in [0, 0.1) is 11.8 Å². The summed E-state index contributed by atoms with van der Waals surface area (Å²) in [4.78, 5) is 12.1. The molecule has 1 rings (SSSR count). The van der Waals surface area contributed by atoms with E-state index in [4.69, 9.17) is 9.16 Å². The first-order valence-corrected chi connectivity index (χ1v) is 13.0. The molecule has 0 bridgehead atoms. The summed E-state index contributed by atoms with van der Waals surface area (Å²) in [5, 5.41) is 0.0320. The molecular formula is C24H36O3Si. The van der Waals surface area contributed by atoms with Crippen LogP contribution in [-0.2, 0) is 20.6 Å². The molecule has 0 aliphatic carbocycles. The van der Waals surface area contributed by atoms with Crippen molar-refractivity contribution in [3.63, 3.8) is 0 Å². The molecular weight excluding hydrogens is 364 g/mol. The SMILES string of the molecule is C=C[C@H](OCc1ccccc1)[C@H](C#CC(=O)CCCC)O[Si](C)(C)C(C)(C)C. The Morgan fingerprint density at radius 1 is 1.25 bits per heavy atom. The molecule has 0 aliphatic rings. The van der Waals surface area contributed by atoms with E-state index in [-0.39, 0.29) is 10.8 Å². The van der Waals surface area contributed by atoms with Gasteiger partial charge in [-0.15, -0.1) is 6.58 Å². The summed E-state index contributed by atoms with van der Waals surface area (Å²) >= 11 is 0. The summed E-state index contributed by atoms with van der Waals surface area (Å²) in [5.74, 6) is 5.80. The Balaban J connectivity index is 3.00. The van der Waals surface area contributed by atoms with E-state index in [9.17, 15) is 4.79 Å². The summed E-state index contributed by atoms with van der Waals surface area (Å²) in [7, 11) is -2.09.